The fourth-order valence-corrected chi connectivity index (χ4v) is 1.32. The van der Waals surface area contributed by atoms with Crippen molar-refractivity contribution in [1.29, 1.82) is 0 Å². The van der Waals surface area contributed by atoms with Gasteiger partial charge in [-0.1, -0.05) is 50.8 Å². The Balaban J connectivity index is 0.000000671. The van der Waals surface area contributed by atoms with Gasteiger partial charge in [-0.2, -0.15) is 0 Å². The first-order valence-electron chi connectivity index (χ1n) is 4.93. The highest BCUT2D eigenvalue weighted by Crippen LogP contribution is 2.24. The van der Waals surface area contributed by atoms with Crippen molar-refractivity contribution in [2.75, 3.05) is 0 Å². The van der Waals surface area contributed by atoms with Crippen molar-refractivity contribution in [3.63, 3.8) is 0 Å². The van der Waals surface area contributed by atoms with Gasteiger partial charge in [0.05, 0.1) is 0 Å². The van der Waals surface area contributed by atoms with Gasteiger partial charge in [-0.25, -0.2) is 0 Å². The van der Waals surface area contributed by atoms with E-state index in [1.54, 1.807) is 0 Å². The highest BCUT2D eigenvalue weighted by atomic mass is 14.1. The molecule has 0 amide bonds. The fourth-order valence-electron chi connectivity index (χ4n) is 1.32. The maximum atomic E-state index is 3.77. The van der Waals surface area contributed by atoms with E-state index in [2.05, 4.69) is 26.2 Å². The zero-order valence-electron chi connectivity index (χ0n) is 9.06. The number of hydrogen-bond acceptors (Lipinski definition) is 0. The average Bonchev–Trinajstić information content (AvgIpc) is 2.20. The van der Waals surface area contributed by atoms with Crippen LogP contribution in [0.5, 0.6) is 0 Å². The maximum Gasteiger partial charge on any atom is -0.0231 e. The molecule has 1 rings (SSSR count). The van der Waals surface area contributed by atoms with Gasteiger partial charge in [0, 0.05) is 0 Å². The maximum absolute atomic E-state index is 3.77. The fraction of sp³-hybridized carbons (Fsp3) is 0.385. The first kappa shape index (κ1) is 12.0. The van der Waals surface area contributed by atoms with Crippen LogP contribution in [-0.4, -0.2) is 0 Å². The first-order chi connectivity index (χ1) is 6.27. The van der Waals surface area contributed by atoms with E-state index in [9.17, 15) is 0 Å². The topological polar surface area (TPSA) is 0 Å². The van der Waals surface area contributed by atoms with Crippen LogP contribution in [0.25, 0.3) is 0 Å². The van der Waals surface area contributed by atoms with Crippen LogP contribution in [0.4, 0.5) is 0 Å². The summed E-state index contributed by atoms with van der Waals surface area (Å²) in [6, 6.07) is 0. The van der Waals surface area contributed by atoms with Crippen LogP contribution < -0.4 is 0 Å². The summed E-state index contributed by atoms with van der Waals surface area (Å²) in [5.74, 6) is 0. The van der Waals surface area contributed by atoms with E-state index >= 15 is 0 Å². The zero-order valence-corrected chi connectivity index (χ0v) is 9.06. The van der Waals surface area contributed by atoms with E-state index in [1.807, 2.05) is 26.0 Å². The highest BCUT2D eigenvalue weighted by molar-refractivity contribution is 5.43. The molecule has 0 N–H and O–H groups in total. The van der Waals surface area contributed by atoms with Gasteiger partial charge in [-0.15, -0.1) is 0 Å². The minimum atomic E-state index is 1.12. The van der Waals surface area contributed by atoms with Crippen molar-refractivity contribution < 1.29 is 0 Å². The quantitative estimate of drug-likeness (QED) is 0.584. The molecule has 0 aliphatic heterocycles. The molecule has 0 aromatic carbocycles. The minimum absolute atomic E-state index is 1.12. The van der Waals surface area contributed by atoms with Gasteiger partial charge in [-0.05, 0) is 30.9 Å². The molecule has 1 aliphatic carbocycles. The number of hydrogen-bond donors (Lipinski definition) is 0. The number of allylic oxidation sites excluding steroid dienone is 6. The summed E-state index contributed by atoms with van der Waals surface area (Å²) in [7, 11) is 0. The van der Waals surface area contributed by atoms with Gasteiger partial charge in [-0.3, -0.25) is 0 Å². The Labute approximate surface area is 82.4 Å². The summed E-state index contributed by atoms with van der Waals surface area (Å²) in [4.78, 5) is 0. The lowest BCUT2D eigenvalue weighted by Crippen LogP contribution is -1.93. The second kappa shape index (κ2) is 6.47. The predicted octanol–water partition coefficient (Wildman–Crippen LogP) is 4.42. The molecule has 0 saturated carbocycles. The van der Waals surface area contributed by atoms with Gasteiger partial charge in [0.1, 0.15) is 0 Å². The molecule has 0 heterocycles. The molecule has 0 fully saturated rings. The van der Waals surface area contributed by atoms with Crippen molar-refractivity contribution in [3.05, 3.63) is 48.1 Å². The van der Waals surface area contributed by atoms with Crippen LogP contribution in [0.1, 0.15) is 33.6 Å². The molecular formula is C13H20. The molecule has 0 nitrogen and oxygen atoms in total. The number of rotatable bonds is 2. The zero-order chi connectivity index (χ0) is 10.3. The molecule has 0 heteroatoms. The molecule has 0 unspecified atom stereocenters. The Morgan fingerprint density at radius 3 is 2.23 bits per heavy atom. The Morgan fingerprint density at radius 1 is 1.15 bits per heavy atom. The van der Waals surface area contributed by atoms with Crippen LogP contribution in [0.15, 0.2) is 48.1 Å². The largest absolute Gasteiger partial charge is 0.0988 e. The second-order valence-corrected chi connectivity index (χ2v) is 2.88. The van der Waals surface area contributed by atoms with Gasteiger partial charge in [0.25, 0.3) is 0 Å². The van der Waals surface area contributed by atoms with E-state index in [4.69, 9.17) is 0 Å². The van der Waals surface area contributed by atoms with Gasteiger partial charge >= 0.3 is 0 Å². The molecule has 13 heavy (non-hydrogen) atoms. The van der Waals surface area contributed by atoms with Crippen molar-refractivity contribution in [3.8, 4) is 0 Å². The SMILES string of the molecule is C=CC1=C(C=C)CCC(C)=C1.CC. The van der Waals surface area contributed by atoms with E-state index in [1.165, 1.54) is 23.1 Å². The monoisotopic (exact) mass is 176 g/mol. The van der Waals surface area contributed by atoms with Gasteiger partial charge in [0.15, 0.2) is 0 Å². The lowest BCUT2D eigenvalue weighted by molar-refractivity contribution is 0.918. The molecule has 1 aliphatic rings. The van der Waals surface area contributed by atoms with Crippen LogP contribution in [-0.2, 0) is 0 Å². The van der Waals surface area contributed by atoms with E-state index < -0.39 is 0 Å². The summed E-state index contributed by atoms with van der Waals surface area (Å²) in [6.45, 7) is 13.7. The summed E-state index contributed by atoms with van der Waals surface area (Å²) in [5, 5.41) is 0. The Kier molecular flexibility index (Phi) is 5.96. The van der Waals surface area contributed by atoms with Gasteiger partial charge < -0.3 is 0 Å². The molecule has 72 valence electrons. The van der Waals surface area contributed by atoms with Gasteiger partial charge in [0.2, 0.25) is 0 Å². The second-order valence-electron chi connectivity index (χ2n) is 2.88. The first-order valence-corrected chi connectivity index (χ1v) is 4.93. The van der Waals surface area contributed by atoms with E-state index in [0.717, 1.165) is 6.42 Å². The molecular weight excluding hydrogens is 156 g/mol. The molecule has 0 spiro atoms. The molecule has 0 radical (unpaired) electrons. The third-order valence-electron chi connectivity index (χ3n) is 2.03. The van der Waals surface area contributed by atoms with Crippen molar-refractivity contribution in [1.82, 2.24) is 0 Å². The summed E-state index contributed by atoms with van der Waals surface area (Å²) in [5.41, 5.74) is 4.00. The lowest BCUT2D eigenvalue weighted by atomic mass is 9.93. The Hall–Kier alpha value is -1.04. The summed E-state index contributed by atoms with van der Waals surface area (Å²) in [6.07, 6.45) is 8.30. The lowest BCUT2D eigenvalue weighted by Gasteiger charge is -2.12. The smallest absolute Gasteiger partial charge is 0.0231 e. The normalized spacial score (nSPS) is 15.5. The average molecular weight is 176 g/mol. The molecule has 0 aromatic heterocycles. The third kappa shape index (κ3) is 3.45. The van der Waals surface area contributed by atoms with Crippen molar-refractivity contribution in [2.45, 2.75) is 33.6 Å². The van der Waals surface area contributed by atoms with Crippen LogP contribution in [0, 0.1) is 0 Å². The van der Waals surface area contributed by atoms with Crippen LogP contribution >= 0.6 is 0 Å². The van der Waals surface area contributed by atoms with E-state index in [0.29, 0.717) is 0 Å². The van der Waals surface area contributed by atoms with Crippen molar-refractivity contribution >= 4 is 0 Å². The Bertz CT molecular complexity index is 239. The molecule has 0 aromatic rings. The molecule has 0 saturated heterocycles. The standard InChI is InChI=1S/C11H14.C2H6/c1-4-10-7-6-9(3)8-11(10)5-2;1-2/h4-5,8H,1-2,6-7H2,3H3;1-2H3. The highest BCUT2D eigenvalue weighted by Gasteiger charge is 2.05. The molecule has 0 bridgehead atoms. The summed E-state index contributed by atoms with van der Waals surface area (Å²) < 4.78 is 0. The van der Waals surface area contributed by atoms with Crippen molar-refractivity contribution in [2.24, 2.45) is 0 Å². The predicted molar refractivity (Wildman–Crippen MR) is 61.8 cm³/mol. The Morgan fingerprint density at radius 2 is 1.77 bits per heavy atom. The summed E-state index contributed by atoms with van der Waals surface area (Å²) >= 11 is 0. The third-order valence-corrected chi connectivity index (χ3v) is 2.03. The van der Waals surface area contributed by atoms with Crippen LogP contribution in [0.2, 0.25) is 0 Å². The van der Waals surface area contributed by atoms with E-state index in [-0.39, 0.29) is 0 Å². The van der Waals surface area contributed by atoms with Crippen LogP contribution in [0.3, 0.4) is 0 Å². The minimum Gasteiger partial charge on any atom is -0.0988 e. The molecule has 0 atom stereocenters.